The highest BCUT2D eigenvalue weighted by Gasteiger charge is 2.22. The summed E-state index contributed by atoms with van der Waals surface area (Å²) in [6.45, 7) is 3.24. The fraction of sp³-hybridized carbons (Fsp3) is 0.833. The van der Waals surface area contributed by atoms with Crippen LogP contribution in [0.25, 0.3) is 0 Å². The molecule has 0 radical (unpaired) electrons. The van der Waals surface area contributed by atoms with Gasteiger partial charge in [-0.05, 0) is 12.8 Å². The first-order valence-electron chi connectivity index (χ1n) is 5.94. The Morgan fingerprint density at radius 3 is 2.31 bits per heavy atom. The molecule has 16 heavy (non-hydrogen) atoms. The van der Waals surface area contributed by atoms with E-state index in [1.165, 1.54) is 6.42 Å². The van der Waals surface area contributed by atoms with Gasteiger partial charge in [-0.15, -0.1) is 0 Å². The Bertz CT molecular complexity index is 241. The maximum Gasteiger partial charge on any atom is 0.311 e. The average Bonchev–Trinajstić information content (AvgIpc) is 2.29. The summed E-state index contributed by atoms with van der Waals surface area (Å²) in [5.41, 5.74) is 0. The molecule has 0 unspecified atom stereocenters. The number of carbonyl (C=O) groups excluding carboxylic acids is 2. The molecular weight excluding hydrogens is 208 g/mol. The first kappa shape index (κ1) is 13.0. The topological polar surface area (TPSA) is 52.6 Å². The highest BCUT2D eigenvalue weighted by Crippen LogP contribution is 2.24. The van der Waals surface area contributed by atoms with Crippen LogP contribution in [-0.4, -0.2) is 18.7 Å². The summed E-state index contributed by atoms with van der Waals surface area (Å²) < 4.78 is 9.70. The smallest absolute Gasteiger partial charge is 0.311 e. The number of rotatable bonds is 4. The zero-order valence-electron chi connectivity index (χ0n) is 10.0. The number of hydrogen-bond acceptors (Lipinski definition) is 4. The van der Waals surface area contributed by atoms with E-state index >= 15 is 0 Å². The zero-order valence-corrected chi connectivity index (χ0v) is 10.0. The summed E-state index contributed by atoms with van der Waals surface area (Å²) >= 11 is 0. The van der Waals surface area contributed by atoms with Crippen LogP contribution >= 0.6 is 0 Å². The Morgan fingerprint density at radius 2 is 1.75 bits per heavy atom. The molecule has 0 bridgehead atoms. The Morgan fingerprint density at radius 1 is 1.12 bits per heavy atom. The molecule has 0 spiro atoms. The van der Waals surface area contributed by atoms with E-state index in [2.05, 4.69) is 0 Å². The molecular formula is C12H20O4. The maximum absolute atomic E-state index is 11.5. The van der Waals surface area contributed by atoms with E-state index in [0.717, 1.165) is 25.7 Å². The second kappa shape index (κ2) is 6.51. The molecule has 0 N–H and O–H groups in total. The highest BCUT2D eigenvalue weighted by molar-refractivity contribution is 5.73. The quantitative estimate of drug-likeness (QED) is 0.547. The Labute approximate surface area is 96.3 Å². The van der Waals surface area contributed by atoms with Gasteiger partial charge in [0.05, 0.1) is 11.8 Å². The molecule has 92 valence electrons. The third kappa shape index (κ3) is 4.21. The average molecular weight is 228 g/mol. The second-order valence-electron chi connectivity index (χ2n) is 4.53. The molecule has 4 heteroatoms. The molecule has 0 aromatic rings. The summed E-state index contributed by atoms with van der Waals surface area (Å²) in [5.74, 6) is -0.743. The van der Waals surface area contributed by atoms with E-state index in [0.29, 0.717) is 0 Å². The maximum atomic E-state index is 11.5. The van der Waals surface area contributed by atoms with Gasteiger partial charge in [0.1, 0.15) is 0 Å². The molecule has 0 atom stereocenters. The minimum absolute atomic E-state index is 0.00602. The van der Waals surface area contributed by atoms with Crippen molar-refractivity contribution in [3.63, 3.8) is 0 Å². The van der Waals surface area contributed by atoms with Crippen LogP contribution in [0.1, 0.15) is 46.0 Å². The van der Waals surface area contributed by atoms with E-state index in [1.54, 1.807) is 13.8 Å². The molecule has 0 amide bonds. The van der Waals surface area contributed by atoms with Crippen molar-refractivity contribution >= 4 is 11.9 Å². The fourth-order valence-corrected chi connectivity index (χ4v) is 1.77. The predicted molar refractivity (Wildman–Crippen MR) is 58.5 cm³/mol. The summed E-state index contributed by atoms with van der Waals surface area (Å²) in [5, 5.41) is 0. The van der Waals surface area contributed by atoms with Crippen molar-refractivity contribution in [1.29, 1.82) is 0 Å². The molecule has 4 nitrogen and oxygen atoms in total. The van der Waals surface area contributed by atoms with Crippen molar-refractivity contribution in [3.8, 4) is 0 Å². The van der Waals surface area contributed by atoms with Gasteiger partial charge >= 0.3 is 11.9 Å². The summed E-state index contributed by atoms with van der Waals surface area (Å²) in [7, 11) is 0. The van der Waals surface area contributed by atoms with Crippen molar-refractivity contribution in [3.05, 3.63) is 0 Å². The molecule has 1 fully saturated rings. The molecule has 1 saturated carbocycles. The number of hydrogen-bond donors (Lipinski definition) is 0. The van der Waals surface area contributed by atoms with E-state index in [1.807, 2.05) is 0 Å². The summed E-state index contributed by atoms with van der Waals surface area (Å²) in [6, 6.07) is 0. The van der Waals surface area contributed by atoms with E-state index in [4.69, 9.17) is 9.47 Å². The normalized spacial score (nSPS) is 17.2. The minimum Gasteiger partial charge on any atom is -0.428 e. The van der Waals surface area contributed by atoms with E-state index in [-0.39, 0.29) is 30.6 Å². The number of carbonyl (C=O) groups is 2. The summed E-state index contributed by atoms with van der Waals surface area (Å²) in [6.07, 6.45) is 5.18. The molecule has 1 rings (SSSR count). The van der Waals surface area contributed by atoms with Crippen LogP contribution in [0.5, 0.6) is 0 Å². The molecule has 0 aromatic heterocycles. The molecule has 0 aromatic carbocycles. The number of esters is 2. The van der Waals surface area contributed by atoms with Crippen LogP contribution in [0.4, 0.5) is 0 Å². The lowest BCUT2D eigenvalue weighted by molar-refractivity contribution is -0.172. The van der Waals surface area contributed by atoms with Gasteiger partial charge < -0.3 is 9.47 Å². The van der Waals surface area contributed by atoms with Crippen LogP contribution in [0.15, 0.2) is 0 Å². The molecule has 0 saturated heterocycles. The summed E-state index contributed by atoms with van der Waals surface area (Å²) in [4.78, 5) is 22.6. The molecule has 0 heterocycles. The van der Waals surface area contributed by atoms with Crippen LogP contribution in [0.2, 0.25) is 0 Å². The standard InChI is InChI=1S/C12H20O4/c1-9(2)11(13)15-8-16-12(14)10-6-4-3-5-7-10/h9-10H,3-8H2,1-2H3. The number of ether oxygens (including phenoxy) is 2. The third-order valence-corrected chi connectivity index (χ3v) is 2.81. The lowest BCUT2D eigenvalue weighted by atomic mass is 9.89. The van der Waals surface area contributed by atoms with Gasteiger partial charge in [0.15, 0.2) is 0 Å². The van der Waals surface area contributed by atoms with Gasteiger partial charge in [0.2, 0.25) is 6.79 Å². The van der Waals surface area contributed by atoms with E-state index < -0.39 is 0 Å². The van der Waals surface area contributed by atoms with Gasteiger partial charge in [-0.1, -0.05) is 33.1 Å². The van der Waals surface area contributed by atoms with Crippen molar-refractivity contribution in [1.82, 2.24) is 0 Å². The first-order chi connectivity index (χ1) is 7.61. The molecule has 1 aliphatic rings. The first-order valence-corrected chi connectivity index (χ1v) is 5.94. The second-order valence-corrected chi connectivity index (χ2v) is 4.53. The Kier molecular flexibility index (Phi) is 5.29. The molecule has 0 aliphatic heterocycles. The lowest BCUT2D eigenvalue weighted by Gasteiger charge is -2.19. The molecule has 1 aliphatic carbocycles. The van der Waals surface area contributed by atoms with Crippen molar-refractivity contribution < 1.29 is 19.1 Å². The van der Waals surface area contributed by atoms with Gasteiger partial charge in [0, 0.05) is 0 Å². The minimum atomic E-state index is -0.337. The van der Waals surface area contributed by atoms with Crippen molar-refractivity contribution in [2.75, 3.05) is 6.79 Å². The Balaban J connectivity index is 2.17. The Hall–Kier alpha value is -1.06. The lowest BCUT2D eigenvalue weighted by Crippen LogP contribution is -2.23. The zero-order chi connectivity index (χ0) is 12.0. The van der Waals surface area contributed by atoms with Crippen LogP contribution < -0.4 is 0 Å². The van der Waals surface area contributed by atoms with Gasteiger partial charge in [-0.3, -0.25) is 9.59 Å². The van der Waals surface area contributed by atoms with Crippen LogP contribution in [0, 0.1) is 11.8 Å². The SMILES string of the molecule is CC(C)C(=O)OCOC(=O)C1CCCCC1. The predicted octanol–water partition coefficient (Wildman–Crippen LogP) is 2.27. The van der Waals surface area contributed by atoms with Gasteiger partial charge in [-0.25, -0.2) is 0 Å². The van der Waals surface area contributed by atoms with E-state index in [9.17, 15) is 9.59 Å². The van der Waals surface area contributed by atoms with Gasteiger partial charge in [0.25, 0.3) is 0 Å². The largest absolute Gasteiger partial charge is 0.428 e. The van der Waals surface area contributed by atoms with Crippen LogP contribution in [-0.2, 0) is 19.1 Å². The highest BCUT2D eigenvalue weighted by atomic mass is 16.7. The fourth-order valence-electron chi connectivity index (χ4n) is 1.77. The van der Waals surface area contributed by atoms with Gasteiger partial charge in [-0.2, -0.15) is 0 Å². The third-order valence-electron chi connectivity index (χ3n) is 2.81. The monoisotopic (exact) mass is 228 g/mol. The van der Waals surface area contributed by atoms with Crippen molar-refractivity contribution in [2.45, 2.75) is 46.0 Å². The van der Waals surface area contributed by atoms with Crippen LogP contribution in [0.3, 0.4) is 0 Å². The van der Waals surface area contributed by atoms with Crippen molar-refractivity contribution in [2.24, 2.45) is 11.8 Å².